The quantitative estimate of drug-likeness (QED) is 0.292. The Morgan fingerprint density at radius 3 is 1.87 bits per heavy atom. The number of nitrogens with zero attached hydrogens (tertiary/aromatic N) is 3. The maximum atomic E-state index is 8.75. The summed E-state index contributed by atoms with van der Waals surface area (Å²) in [4.78, 5) is 5.47. The molecule has 0 amide bonds. The van der Waals surface area contributed by atoms with Crippen molar-refractivity contribution in [3.63, 3.8) is 0 Å². The molecule has 0 aromatic heterocycles. The van der Waals surface area contributed by atoms with Gasteiger partial charge in [-0.05, 0) is 19.3 Å². The summed E-state index contributed by atoms with van der Waals surface area (Å²) in [5.74, 6) is 0. The average molecular weight is 549 g/mol. The van der Waals surface area contributed by atoms with E-state index in [0.717, 1.165) is 24.4 Å². The zero-order valence-electron chi connectivity index (χ0n) is 12.1. The number of benzene rings is 1. The predicted octanol–water partition coefficient (Wildman–Crippen LogP) is 7.08. The molecule has 1 aliphatic heterocycles. The third-order valence-corrected chi connectivity index (χ3v) is 2.95. The first-order valence-corrected chi connectivity index (χ1v) is 26.2. The first-order chi connectivity index (χ1) is 10.4. The number of halogens is 6. The van der Waals surface area contributed by atoms with Crippen LogP contribution in [0.4, 0.5) is 0 Å². The second-order valence-electron chi connectivity index (χ2n) is 5.00. The number of piperidine rings is 1. The second kappa shape index (κ2) is 7.96. The summed E-state index contributed by atoms with van der Waals surface area (Å²) in [7, 11) is 25.0. The van der Waals surface area contributed by atoms with E-state index in [2.05, 4.69) is 9.88 Å². The molecule has 0 atom stereocenters. The van der Waals surface area contributed by atoms with Crippen molar-refractivity contribution in [3.05, 3.63) is 47.1 Å². The van der Waals surface area contributed by atoms with Gasteiger partial charge in [0.2, 0.25) is 5.39 Å². The molecular weight excluding hydrogens is 533 g/mol. The molecule has 1 heterocycles. The molecule has 23 heavy (non-hydrogen) atoms. The van der Waals surface area contributed by atoms with Gasteiger partial charge in [-0.15, -0.1) is 0 Å². The summed E-state index contributed by atoms with van der Waals surface area (Å²) in [5, 5.41) is 8.75. The molecule has 0 N–H and O–H groups in total. The first-order valence-electron chi connectivity index (χ1n) is 6.78. The van der Waals surface area contributed by atoms with Gasteiger partial charge in [-0.1, -0.05) is 30.3 Å². The molecule has 3 nitrogen and oxygen atoms in total. The standard InChI is InChI=1S/C13H16N3.6ClH.Sb/c14-15-11-13(12-7-3-1-4-8-12)16-9-5-2-6-10-16;;;;;;;/h1,3-4,7-8,11H,2,5-6,9-10H2;6*1H;/q+1;;;;;;;+5/p-6/b13-11+;;;;;;;. The van der Waals surface area contributed by atoms with Gasteiger partial charge in [-0.2, -0.15) is 0 Å². The van der Waals surface area contributed by atoms with Gasteiger partial charge in [0.25, 0.3) is 0 Å². The van der Waals surface area contributed by atoms with Crippen LogP contribution >= 0.6 is 53.0 Å². The fraction of sp³-hybridized carbons (Fsp3) is 0.385. The molecule has 0 aliphatic carbocycles. The van der Waals surface area contributed by atoms with Crippen LogP contribution in [0.25, 0.3) is 10.7 Å². The zero-order chi connectivity index (χ0) is 17.6. The SMILES string of the molecule is N#[N+]/C=C(\c1ccccc1)N1CCCCC1.[Cl][Sb-]([Cl])([Cl])([Cl])([Cl])[Cl]. The zero-order valence-corrected chi connectivity index (χ0v) is 19.1. The molecule has 0 unspecified atom stereocenters. The molecule has 1 aliphatic rings. The molecule has 0 saturated carbocycles. The van der Waals surface area contributed by atoms with Crippen LogP contribution in [0.2, 0.25) is 0 Å². The summed E-state index contributed by atoms with van der Waals surface area (Å²) in [6.45, 7) is 2.10. The van der Waals surface area contributed by atoms with E-state index < -0.39 is 9.14 Å². The molecule has 1 aromatic rings. The molecule has 2 rings (SSSR count). The molecule has 130 valence electrons. The third-order valence-electron chi connectivity index (χ3n) is 2.95. The summed E-state index contributed by atoms with van der Waals surface area (Å²) in [6.07, 6.45) is 5.28. The molecule has 0 spiro atoms. The van der Waals surface area contributed by atoms with Crippen LogP contribution < -0.4 is 0 Å². The Morgan fingerprint density at radius 1 is 0.957 bits per heavy atom. The van der Waals surface area contributed by atoms with E-state index in [1.165, 1.54) is 19.3 Å². The second-order valence-corrected chi connectivity index (χ2v) is 61.9. The fourth-order valence-corrected chi connectivity index (χ4v) is 2.14. The molecule has 1 saturated heterocycles. The predicted molar refractivity (Wildman–Crippen MR) is 106 cm³/mol. The van der Waals surface area contributed by atoms with Crippen LogP contribution in [0.1, 0.15) is 24.8 Å². The van der Waals surface area contributed by atoms with Crippen LogP contribution in [0.15, 0.2) is 36.5 Å². The average Bonchev–Trinajstić information content (AvgIpc) is 2.43. The van der Waals surface area contributed by atoms with Crippen molar-refractivity contribution < 1.29 is 0 Å². The molecule has 1 aromatic carbocycles. The van der Waals surface area contributed by atoms with E-state index in [9.17, 15) is 0 Å². The van der Waals surface area contributed by atoms with Gasteiger partial charge >= 0.3 is 68.3 Å². The molecular formula is C13H16Cl6N3Sb. The van der Waals surface area contributed by atoms with Crippen molar-refractivity contribution in [1.82, 2.24) is 4.90 Å². The Hall–Kier alpha value is 0.738. The van der Waals surface area contributed by atoms with Gasteiger partial charge in [0, 0.05) is 18.7 Å². The van der Waals surface area contributed by atoms with Crippen molar-refractivity contribution in [2.24, 2.45) is 0 Å². The van der Waals surface area contributed by atoms with Crippen molar-refractivity contribution in [2.75, 3.05) is 13.1 Å². The van der Waals surface area contributed by atoms with Crippen molar-refractivity contribution in [2.45, 2.75) is 19.3 Å². The summed E-state index contributed by atoms with van der Waals surface area (Å²) in [6, 6.07) is 10.1. The number of diazo groups is 1. The Morgan fingerprint density at radius 2 is 1.43 bits per heavy atom. The van der Waals surface area contributed by atoms with E-state index in [0.29, 0.717) is 0 Å². The van der Waals surface area contributed by atoms with Crippen LogP contribution in [-0.2, 0) is 0 Å². The Bertz CT molecular complexity index is 574. The number of likely N-dealkylation sites (tertiary alicyclic amines) is 1. The Kier molecular flexibility index (Phi) is 7.54. The monoisotopic (exact) mass is 545 g/mol. The van der Waals surface area contributed by atoms with Crippen molar-refractivity contribution >= 4 is 67.8 Å². The van der Waals surface area contributed by atoms with Gasteiger partial charge in [-0.3, -0.25) is 0 Å². The van der Waals surface area contributed by atoms with Gasteiger partial charge in [0.05, 0.1) is 0 Å². The number of rotatable bonds is 2. The number of hydrogen-bond donors (Lipinski definition) is 0. The van der Waals surface area contributed by atoms with E-state index in [1.807, 2.05) is 30.3 Å². The molecule has 10 heteroatoms. The van der Waals surface area contributed by atoms with E-state index >= 15 is 0 Å². The van der Waals surface area contributed by atoms with E-state index in [-0.39, 0.29) is 0 Å². The summed E-state index contributed by atoms with van der Waals surface area (Å²) in [5.41, 5.74) is 2.13. The summed E-state index contributed by atoms with van der Waals surface area (Å²) >= 11 is 0. The fourth-order valence-electron chi connectivity index (χ4n) is 2.14. The van der Waals surface area contributed by atoms with Gasteiger partial charge in [0.1, 0.15) is 5.70 Å². The molecule has 1 fully saturated rings. The first kappa shape index (κ1) is 21.8. The van der Waals surface area contributed by atoms with Crippen molar-refractivity contribution in [1.29, 1.82) is 5.39 Å². The minimum atomic E-state index is -5.42. The maximum absolute atomic E-state index is 8.75. The molecule has 0 radical (unpaired) electrons. The Balaban J connectivity index is 0.000000322. The summed E-state index contributed by atoms with van der Waals surface area (Å²) < 4.78 is 0. The van der Waals surface area contributed by atoms with Crippen molar-refractivity contribution in [3.8, 4) is 0 Å². The Labute approximate surface area is 156 Å². The van der Waals surface area contributed by atoms with Crippen LogP contribution in [0.3, 0.4) is 0 Å². The van der Waals surface area contributed by atoms with Gasteiger partial charge in [0.15, 0.2) is 4.98 Å². The van der Waals surface area contributed by atoms with Gasteiger partial charge < -0.3 is 4.90 Å². The topological polar surface area (TPSA) is 31.4 Å². The minimum absolute atomic E-state index is 1.02. The third kappa shape index (κ3) is 12.7. The van der Waals surface area contributed by atoms with Crippen LogP contribution in [-0.4, -0.2) is 27.1 Å². The normalized spacial score (nSPS) is 18.8. The van der Waals surface area contributed by atoms with Crippen LogP contribution in [0, 0.1) is 5.39 Å². The molecule has 0 bridgehead atoms. The number of hydrogen-bond acceptors (Lipinski definition) is 2. The van der Waals surface area contributed by atoms with Gasteiger partial charge in [-0.25, -0.2) is 0 Å². The van der Waals surface area contributed by atoms with Crippen LogP contribution in [0.5, 0.6) is 0 Å². The van der Waals surface area contributed by atoms with E-state index in [4.69, 9.17) is 58.4 Å². The van der Waals surface area contributed by atoms with E-state index in [1.54, 1.807) is 6.20 Å².